The first-order chi connectivity index (χ1) is 10.8. The molecule has 2 aromatic rings. The highest BCUT2D eigenvalue weighted by Gasteiger charge is 2.04. The zero-order valence-electron chi connectivity index (χ0n) is 13.3. The van der Waals surface area contributed by atoms with Crippen LogP contribution in [-0.4, -0.2) is 26.7 Å². The maximum Gasteiger partial charge on any atom is 0.191 e. The van der Waals surface area contributed by atoms with Crippen molar-refractivity contribution in [2.24, 2.45) is 4.99 Å². The third kappa shape index (κ3) is 4.49. The zero-order chi connectivity index (χ0) is 15.8. The lowest BCUT2D eigenvalue weighted by Gasteiger charge is -2.09. The first kappa shape index (κ1) is 16.4. The van der Waals surface area contributed by atoms with Crippen LogP contribution in [0, 0.1) is 0 Å². The normalized spacial score (nSPS) is 11.3. The second-order valence-corrected chi connectivity index (χ2v) is 5.88. The summed E-state index contributed by atoms with van der Waals surface area (Å²) in [6.07, 6.45) is 1.08. The molecule has 0 amide bonds. The van der Waals surface area contributed by atoms with E-state index in [4.69, 9.17) is 4.74 Å². The van der Waals surface area contributed by atoms with E-state index in [0.29, 0.717) is 0 Å². The van der Waals surface area contributed by atoms with Crippen molar-refractivity contribution in [3.63, 3.8) is 0 Å². The van der Waals surface area contributed by atoms with Gasteiger partial charge in [-0.3, -0.25) is 4.99 Å². The molecule has 0 atom stereocenters. The number of hydrogen-bond acceptors (Lipinski definition) is 3. The fraction of sp³-hybridized carbons (Fsp3) is 0.353. The maximum atomic E-state index is 5.19. The summed E-state index contributed by atoms with van der Waals surface area (Å²) >= 11 is 1.75. The molecule has 0 radical (unpaired) electrons. The number of guanidine groups is 1. The minimum atomic E-state index is 0.782. The second-order valence-electron chi connectivity index (χ2n) is 4.88. The van der Waals surface area contributed by atoms with Crippen molar-refractivity contribution in [1.82, 2.24) is 10.6 Å². The molecule has 0 unspecified atom stereocenters. The van der Waals surface area contributed by atoms with E-state index in [2.05, 4.69) is 46.1 Å². The Morgan fingerprint density at radius 3 is 2.59 bits per heavy atom. The Kier molecular flexibility index (Phi) is 6.27. The van der Waals surface area contributed by atoms with Crippen molar-refractivity contribution in [3.8, 4) is 16.9 Å². The number of hydrogen-bond donors (Lipinski definition) is 2. The maximum absolute atomic E-state index is 5.19. The number of nitrogens with one attached hydrogen (secondary N) is 2. The number of thiophene rings is 1. The van der Waals surface area contributed by atoms with E-state index in [1.54, 1.807) is 25.5 Å². The van der Waals surface area contributed by atoms with Gasteiger partial charge in [0.05, 0.1) is 13.7 Å². The Hall–Kier alpha value is -2.01. The molecule has 0 fully saturated rings. The quantitative estimate of drug-likeness (QED) is 0.633. The van der Waals surface area contributed by atoms with Crippen molar-refractivity contribution in [2.45, 2.75) is 19.9 Å². The third-order valence-corrected chi connectivity index (χ3v) is 4.21. The SMILES string of the molecule is CCCNC(=NC)NCc1cc(-c2ccc(OC)cc2)cs1. The fourth-order valence-electron chi connectivity index (χ4n) is 2.04. The number of nitrogens with zero attached hydrogens (tertiary/aromatic N) is 1. The number of aliphatic imine (C=N–C) groups is 1. The molecular formula is C17H23N3OS. The molecule has 1 aromatic heterocycles. The standard InChI is InChI=1S/C17H23N3OS/c1-4-9-19-17(18-2)20-11-16-10-14(12-22-16)13-5-7-15(21-3)8-6-13/h5-8,10,12H,4,9,11H2,1-3H3,(H2,18,19,20). The van der Waals surface area contributed by atoms with Gasteiger partial charge in [0.2, 0.25) is 0 Å². The lowest BCUT2D eigenvalue weighted by molar-refractivity contribution is 0.415. The molecule has 4 nitrogen and oxygen atoms in total. The summed E-state index contributed by atoms with van der Waals surface area (Å²) in [7, 11) is 3.48. The number of rotatable bonds is 6. The van der Waals surface area contributed by atoms with E-state index in [9.17, 15) is 0 Å². The van der Waals surface area contributed by atoms with Gasteiger partial charge in [-0.1, -0.05) is 19.1 Å². The minimum Gasteiger partial charge on any atom is -0.497 e. The van der Waals surface area contributed by atoms with Gasteiger partial charge >= 0.3 is 0 Å². The van der Waals surface area contributed by atoms with Crippen LogP contribution in [-0.2, 0) is 6.54 Å². The molecule has 2 N–H and O–H groups in total. The topological polar surface area (TPSA) is 45.7 Å². The first-order valence-corrected chi connectivity index (χ1v) is 8.31. The number of ether oxygens (including phenoxy) is 1. The molecule has 0 saturated carbocycles. The van der Waals surface area contributed by atoms with Gasteiger partial charge in [0.1, 0.15) is 5.75 Å². The zero-order valence-corrected chi connectivity index (χ0v) is 14.2. The molecule has 22 heavy (non-hydrogen) atoms. The van der Waals surface area contributed by atoms with E-state index in [-0.39, 0.29) is 0 Å². The Morgan fingerprint density at radius 1 is 1.18 bits per heavy atom. The molecule has 1 aromatic carbocycles. The summed E-state index contributed by atoms with van der Waals surface area (Å²) in [5, 5.41) is 8.78. The number of benzene rings is 1. The second kappa shape index (κ2) is 8.44. The van der Waals surface area contributed by atoms with Crippen molar-refractivity contribution in [1.29, 1.82) is 0 Å². The van der Waals surface area contributed by atoms with Crippen LogP contribution in [0.2, 0.25) is 0 Å². The van der Waals surface area contributed by atoms with E-state index >= 15 is 0 Å². The highest BCUT2D eigenvalue weighted by Crippen LogP contribution is 2.27. The first-order valence-electron chi connectivity index (χ1n) is 7.43. The van der Waals surface area contributed by atoms with Gasteiger partial charge in [0.25, 0.3) is 0 Å². The summed E-state index contributed by atoms with van der Waals surface area (Å²) in [6.45, 7) is 3.85. The summed E-state index contributed by atoms with van der Waals surface area (Å²) < 4.78 is 5.19. The molecule has 0 saturated heterocycles. The summed E-state index contributed by atoms with van der Waals surface area (Å²) in [5.74, 6) is 1.73. The van der Waals surface area contributed by atoms with Crippen LogP contribution < -0.4 is 15.4 Å². The summed E-state index contributed by atoms with van der Waals surface area (Å²) in [6, 6.07) is 10.4. The van der Waals surface area contributed by atoms with Gasteiger partial charge in [-0.25, -0.2) is 0 Å². The number of methoxy groups -OCH3 is 1. The van der Waals surface area contributed by atoms with Crippen LogP contribution in [0.15, 0.2) is 40.7 Å². The van der Waals surface area contributed by atoms with Crippen LogP contribution in [0.25, 0.3) is 11.1 Å². The van der Waals surface area contributed by atoms with Crippen LogP contribution in [0.4, 0.5) is 0 Å². The van der Waals surface area contributed by atoms with Crippen LogP contribution in [0.5, 0.6) is 5.75 Å². The van der Waals surface area contributed by atoms with Gasteiger partial charge in [-0.05, 0) is 41.1 Å². The van der Waals surface area contributed by atoms with Gasteiger partial charge < -0.3 is 15.4 Å². The lowest BCUT2D eigenvalue weighted by Crippen LogP contribution is -2.36. The molecular weight excluding hydrogens is 294 g/mol. The molecule has 0 bridgehead atoms. The van der Waals surface area contributed by atoms with Gasteiger partial charge in [-0.2, -0.15) is 0 Å². The van der Waals surface area contributed by atoms with Crippen LogP contribution in [0.3, 0.4) is 0 Å². The van der Waals surface area contributed by atoms with Gasteiger partial charge in [0.15, 0.2) is 5.96 Å². The van der Waals surface area contributed by atoms with E-state index in [1.165, 1.54) is 16.0 Å². The Bertz CT molecular complexity index is 605. The molecule has 0 aliphatic heterocycles. The highest BCUT2D eigenvalue weighted by molar-refractivity contribution is 7.10. The lowest BCUT2D eigenvalue weighted by atomic mass is 10.1. The van der Waals surface area contributed by atoms with Crippen molar-refractivity contribution < 1.29 is 4.74 Å². The predicted octanol–water partition coefficient (Wildman–Crippen LogP) is 3.50. The van der Waals surface area contributed by atoms with Crippen molar-refractivity contribution in [3.05, 3.63) is 40.6 Å². The molecule has 118 valence electrons. The largest absolute Gasteiger partial charge is 0.497 e. The molecule has 0 spiro atoms. The van der Waals surface area contributed by atoms with Crippen molar-refractivity contribution >= 4 is 17.3 Å². The van der Waals surface area contributed by atoms with Crippen LogP contribution in [0.1, 0.15) is 18.2 Å². The Labute approximate surface area is 136 Å². The molecule has 1 heterocycles. The Morgan fingerprint density at radius 2 is 1.95 bits per heavy atom. The summed E-state index contributed by atoms with van der Waals surface area (Å²) in [5.41, 5.74) is 2.44. The third-order valence-electron chi connectivity index (χ3n) is 3.27. The minimum absolute atomic E-state index is 0.782. The summed E-state index contributed by atoms with van der Waals surface area (Å²) in [4.78, 5) is 5.49. The van der Waals surface area contributed by atoms with E-state index in [1.807, 2.05) is 12.1 Å². The van der Waals surface area contributed by atoms with Crippen molar-refractivity contribution in [2.75, 3.05) is 20.7 Å². The smallest absolute Gasteiger partial charge is 0.191 e. The predicted molar refractivity (Wildman–Crippen MR) is 94.8 cm³/mol. The monoisotopic (exact) mass is 317 g/mol. The van der Waals surface area contributed by atoms with E-state index < -0.39 is 0 Å². The van der Waals surface area contributed by atoms with E-state index in [0.717, 1.165) is 31.2 Å². The van der Waals surface area contributed by atoms with Crippen LogP contribution >= 0.6 is 11.3 Å². The highest BCUT2D eigenvalue weighted by atomic mass is 32.1. The molecule has 0 aliphatic carbocycles. The Balaban J connectivity index is 1.96. The average Bonchev–Trinajstić information content (AvgIpc) is 3.04. The average molecular weight is 317 g/mol. The van der Waals surface area contributed by atoms with Gasteiger partial charge in [0, 0.05) is 18.5 Å². The molecule has 5 heteroatoms. The fourth-order valence-corrected chi connectivity index (χ4v) is 2.88. The van der Waals surface area contributed by atoms with Gasteiger partial charge in [-0.15, -0.1) is 11.3 Å². The molecule has 0 aliphatic rings. The molecule has 2 rings (SSSR count).